The Hall–Kier alpha value is -2.40. The lowest BCUT2D eigenvalue weighted by Crippen LogP contribution is -2.34. The van der Waals surface area contributed by atoms with Gasteiger partial charge >= 0.3 is 0 Å². The van der Waals surface area contributed by atoms with Crippen molar-refractivity contribution in [3.05, 3.63) is 47.0 Å². The average Bonchev–Trinajstić information content (AvgIpc) is 3.32. The van der Waals surface area contributed by atoms with E-state index in [-0.39, 0.29) is 5.91 Å². The molecule has 0 saturated heterocycles. The molecule has 5 rings (SSSR count). The van der Waals surface area contributed by atoms with Crippen LogP contribution >= 0.6 is 11.6 Å². The van der Waals surface area contributed by atoms with E-state index in [0.717, 1.165) is 37.0 Å². The number of benzene rings is 2. The lowest BCUT2D eigenvalue weighted by Gasteiger charge is -2.21. The quantitative estimate of drug-likeness (QED) is 0.854. The highest BCUT2D eigenvalue weighted by molar-refractivity contribution is 6.30. The molecule has 5 nitrogen and oxygen atoms in total. The largest absolute Gasteiger partial charge is 0.480 e. The van der Waals surface area contributed by atoms with Gasteiger partial charge in [-0.05, 0) is 48.7 Å². The summed E-state index contributed by atoms with van der Waals surface area (Å²) >= 11 is 6.00. The average molecular weight is 372 g/mol. The number of carbonyl (C=O) groups excluding carboxylic acids is 1. The first kappa shape index (κ1) is 15.8. The molecule has 2 aromatic carbocycles. The number of nitrogens with one attached hydrogen (secondary N) is 1. The van der Waals surface area contributed by atoms with E-state index >= 15 is 0 Å². The Morgan fingerprint density at radius 3 is 2.65 bits per heavy atom. The van der Waals surface area contributed by atoms with Gasteiger partial charge in [-0.15, -0.1) is 0 Å². The molecular weight excluding hydrogens is 354 g/mol. The van der Waals surface area contributed by atoms with Gasteiger partial charge in [-0.25, -0.2) is 0 Å². The van der Waals surface area contributed by atoms with E-state index in [0.29, 0.717) is 28.6 Å². The zero-order chi connectivity index (χ0) is 17.7. The van der Waals surface area contributed by atoms with Crippen molar-refractivity contribution in [1.29, 1.82) is 0 Å². The van der Waals surface area contributed by atoms with Crippen molar-refractivity contribution in [1.82, 2.24) is 0 Å². The SMILES string of the molecule is O=C(Nc1ccc2c(c1)OC1(CCCC1)O2)C1Cc2cc(Cl)ccc2O1. The lowest BCUT2D eigenvalue weighted by atomic mass is 10.1. The maximum absolute atomic E-state index is 12.6. The molecule has 1 aliphatic carbocycles. The van der Waals surface area contributed by atoms with Gasteiger partial charge in [0.15, 0.2) is 17.6 Å². The fourth-order valence-corrected chi connectivity index (χ4v) is 4.07. The third-order valence-corrected chi connectivity index (χ3v) is 5.39. The molecule has 1 atom stereocenters. The highest BCUT2D eigenvalue weighted by Gasteiger charge is 2.44. The highest BCUT2D eigenvalue weighted by atomic mass is 35.5. The van der Waals surface area contributed by atoms with Crippen molar-refractivity contribution in [2.75, 3.05) is 5.32 Å². The van der Waals surface area contributed by atoms with Crippen molar-refractivity contribution in [3.63, 3.8) is 0 Å². The molecular formula is C20H18ClNO4. The second kappa shape index (κ2) is 5.81. The van der Waals surface area contributed by atoms with Crippen molar-refractivity contribution in [2.45, 2.75) is 44.0 Å². The number of carbonyl (C=O) groups is 1. The smallest absolute Gasteiger partial charge is 0.265 e. The molecule has 26 heavy (non-hydrogen) atoms. The first-order valence-corrected chi connectivity index (χ1v) is 9.26. The molecule has 0 bridgehead atoms. The van der Waals surface area contributed by atoms with Crippen LogP contribution in [0.4, 0.5) is 5.69 Å². The predicted molar refractivity (Wildman–Crippen MR) is 97.1 cm³/mol. The number of amides is 1. The second-order valence-electron chi connectivity index (χ2n) is 7.04. The standard InChI is InChI=1S/C20H18ClNO4/c21-13-3-5-15-12(9-13)10-18(24-15)19(23)22-14-4-6-16-17(11-14)26-20(25-16)7-1-2-8-20/h3-6,9,11,18H,1-2,7-8,10H2,(H,22,23). The molecule has 1 saturated carbocycles. The number of rotatable bonds is 2. The van der Waals surface area contributed by atoms with Crippen LogP contribution in [0.25, 0.3) is 0 Å². The van der Waals surface area contributed by atoms with Crippen LogP contribution in [0.3, 0.4) is 0 Å². The van der Waals surface area contributed by atoms with Crippen LogP contribution in [0.5, 0.6) is 17.2 Å². The molecule has 3 aliphatic rings. The van der Waals surface area contributed by atoms with Gasteiger partial charge in [0.25, 0.3) is 11.7 Å². The van der Waals surface area contributed by atoms with Gasteiger partial charge in [-0.1, -0.05) is 11.6 Å². The summed E-state index contributed by atoms with van der Waals surface area (Å²) in [5.74, 6) is 1.45. The van der Waals surface area contributed by atoms with E-state index in [9.17, 15) is 4.79 Å². The minimum Gasteiger partial charge on any atom is -0.480 e. The molecule has 2 aromatic rings. The topological polar surface area (TPSA) is 56.8 Å². The number of ether oxygens (including phenoxy) is 3. The number of hydrogen-bond donors (Lipinski definition) is 1. The van der Waals surface area contributed by atoms with E-state index in [2.05, 4.69) is 5.32 Å². The number of fused-ring (bicyclic) bond motifs is 2. The Morgan fingerprint density at radius 1 is 1.04 bits per heavy atom. The monoisotopic (exact) mass is 371 g/mol. The van der Waals surface area contributed by atoms with E-state index in [4.69, 9.17) is 25.8 Å². The van der Waals surface area contributed by atoms with Crippen LogP contribution in [0.15, 0.2) is 36.4 Å². The number of anilines is 1. The Bertz CT molecular complexity index is 891. The van der Waals surface area contributed by atoms with Gasteiger partial charge in [-0.3, -0.25) is 4.79 Å². The zero-order valence-corrected chi connectivity index (χ0v) is 14.8. The first-order valence-electron chi connectivity index (χ1n) is 8.88. The third kappa shape index (κ3) is 2.67. The molecule has 0 radical (unpaired) electrons. The van der Waals surface area contributed by atoms with Crippen LogP contribution < -0.4 is 19.5 Å². The Labute approximate surface area is 156 Å². The lowest BCUT2D eigenvalue weighted by molar-refractivity contribution is -0.122. The highest BCUT2D eigenvalue weighted by Crippen LogP contribution is 2.47. The maximum Gasteiger partial charge on any atom is 0.265 e. The molecule has 6 heteroatoms. The van der Waals surface area contributed by atoms with Gasteiger partial charge in [-0.2, -0.15) is 0 Å². The van der Waals surface area contributed by atoms with Gasteiger partial charge < -0.3 is 19.5 Å². The summed E-state index contributed by atoms with van der Waals surface area (Å²) in [5.41, 5.74) is 1.62. The Morgan fingerprint density at radius 2 is 1.81 bits per heavy atom. The van der Waals surface area contributed by atoms with Gasteiger partial charge in [0.2, 0.25) is 0 Å². The second-order valence-corrected chi connectivity index (χ2v) is 7.47. The summed E-state index contributed by atoms with van der Waals surface area (Å²) in [4.78, 5) is 12.6. The van der Waals surface area contributed by atoms with E-state index in [1.807, 2.05) is 24.3 Å². The number of halogens is 1. The van der Waals surface area contributed by atoms with Gasteiger partial charge in [0.05, 0.1) is 0 Å². The summed E-state index contributed by atoms with van der Waals surface area (Å²) in [6.07, 6.45) is 3.98. The Balaban J connectivity index is 1.29. The van der Waals surface area contributed by atoms with Crippen LogP contribution in [0.2, 0.25) is 5.02 Å². The van der Waals surface area contributed by atoms with Crippen LogP contribution in [-0.2, 0) is 11.2 Å². The summed E-state index contributed by atoms with van der Waals surface area (Å²) < 4.78 is 17.8. The minimum atomic E-state index is -0.560. The molecule has 1 fully saturated rings. The summed E-state index contributed by atoms with van der Waals surface area (Å²) in [5, 5.41) is 3.55. The summed E-state index contributed by atoms with van der Waals surface area (Å²) in [7, 11) is 0. The predicted octanol–water partition coefficient (Wildman–Crippen LogP) is 4.32. The van der Waals surface area contributed by atoms with E-state index < -0.39 is 11.9 Å². The fraction of sp³-hybridized carbons (Fsp3) is 0.350. The molecule has 1 spiro atoms. The van der Waals surface area contributed by atoms with Crippen LogP contribution in [-0.4, -0.2) is 17.8 Å². The van der Waals surface area contributed by atoms with Crippen molar-refractivity contribution < 1.29 is 19.0 Å². The molecule has 2 heterocycles. The van der Waals surface area contributed by atoms with E-state index in [1.165, 1.54) is 0 Å². The molecule has 1 N–H and O–H groups in total. The molecule has 2 aliphatic heterocycles. The third-order valence-electron chi connectivity index (χ3n) is 5.16. The molecule has 1 unspecified atom stereocenters. The van der Waals surface area contributed by atoms with Gasteiger partial charge in [0, 0.05) is 36.0 Å². The van der Waals surface area contributed by atoms with Crippen LogP contribution in [0.1, 0.15) is 31.2 Å². The Kier molecular flexibility index (Phi) is 3.54. The molecule has 0 aromatic heterocycles. The van der Waals surface area contributed by atoms with Crippen molar-refractivity contribution in [3.8, 4) is 17.2 Å². The molecule has 1 amide bonds. The van der Waals surface area contributed by atoms with E-state index in [1.54, 1.807) is 12.1 Å². The molecule has 134 valence electrons. The van der Waals surface area contributed by atoms with Crippen molar-refractivity contribution in [2.24, 2.45) is 0 Å². The summed E-state index contributed by atoms with van der Waals surface area (Å²) in [6.45, 7) is 0. The van der Waals surface area contributed by atoms with Crippen LogP contribution in [0, 0.1) is 0 Å². The maximum atomic E-state index is 12.6. The normalized spacial score (nSPS) is 21.5. The fourth-order valence-electron chi connectivity index (χ4n) is 3.88. The first-order chi connectivity index (χ1) is 12.6. The minimum absolute atomic E-state index is 0.188. The van der Waals surface area contributed by atoms with Crippen molar-refractivity contribution >= 4 is 23.2 Å². The summed E-state index contributed by atoms with van der Waals surface area (Å²) in [6, 6.07) is 10.9. The number of hydrogen-bond acceptors (Lipinski definition) is 4. The zero-order valence-electron chi connectivity index (χ0n) is 14.1. The van der Waals surface area contributed by atoms with Gasteiger partial charge in [0.1, 0.15) is 5.75 Å².